The molecule has 0 unspecified atom stereocenters. The number of nitrogens with zero attached hydrogens (tertiary/aromatic N) is 2. The van der Waals surface area contributed by atoms with Gasteiger partial charge in [0.05, 0.1) is 16.6 Å². The van der Waals surface area contributed by atoms with Gasteiger partial charge in [-0.05, 0) is 48.9 Å². The van der Waals surface area contributed by atoms with Gasteiger partial charge in [0.15, 0.2) is 0 Å². The first-order valence-electron chi connectivity index (χ1n) is 9.62. The third-order valence-corrected chi connectivity index (χ3v) is 5.41. The summed E-state index contributed by atoms with van der Waals surface area (Å²) in [5.74, 6) is -1.53. The lowest BCUT2D eigenvalue weighted by Crippen LogP contribution is -2.44. The highest BCUT2D eigenvalue weighted by atomic mass is 19.4. The van der Waals surface area contributed by atoms with Gasteiger partial charge in [0.25, 0.3) is 5.91 Å². The minimum absolute atomic E-state index is 0.237. The van der Waals surface area contributed by atoms with E-state index in [4.69, 9.17) is 5.73 Å². The predicted octanol–water partition coefficient (Wildman–Crippen LogP) is 3.44. The molecule has 162 valence electrons. The number of hydrogen-bond acceptors (Lipinski definition) is 5. The normalized spacial score (nSPS) is 19.4. The molecular formula is C21H19F4N5O. The lowest BCUT2D eigenvalue weighted by molar-refractivity contribution is -0.137. The summed E-state index contributed by atoms with van der Waals surface area (Å²) in [4.78, 5) is 20.1. The van der Waals surface area contributed by atoms with Crippen LogP contribution >= 0.6 is 0 Å². The first-order valence-corrected chi connectivity index (χ1v) is 9.62. The van der Waals surface area contributed by atoms with Crippen molar-refractivity contribution in [1.82, 2.24) is 15.3 Å². The number of anilines is 1. The summed E-state index contributed by atoms with van der Waals surface area (Å²) < 4.78 is 53.6. The Hall–Kier alpha value is -3.27. The van der Waals surface area contributed by atoms with E-state index in [-0.39, 0.29) is 23.1 Å². The number of rotatable bonds is 4. The maximum absolute atomic E-state index is 14.0. The number of hydrogen-bond donors (Lipinski definition) is 3. The molecule has 6 nitrogen and oxygen atoms in total. The molecule has 1 amide bonds. The van der Waals surface area contributed by atoms with E-state index in [1.165, 1.54) is 6.33 Å². The summed E-state index contributed by atoms with van der Waals surface area (Å²) in [5, 5.41) is 7.00. The molecule has 2 atom stereocenters. The highest BCUT2D eigenvalue weighted by Gasteiger charge is 2.34. The topological polar surface area (TPSA) is 92.9 Å². The van der Waals surface area contributed by atoms with E-state index in [2.05, 4.69) is 20.6 Å². The van der Waals surface area contributed by atoms with E-state index in [0.29, 0.717) is 42.3 Å². The van der Waals surface area contributed by atoms with E-state index in [0.717, 1.165) is 12.1 Å². The lowest BCUT2D eigenvalue weighted by Gasteiger charge is -2.34. The predicted molar refractivity (Wildman–Crippen MR) is 107 cm³/mol. The third kappa shape index (κ3) is 4.29. The Balaban J connectivity index is 1.71. The first-order chi connectivity index (χ1) is 14.7. The molecule has 1 aliphatic heterocycles. The van der Waals surface area contributed by atoms with Crippen LogP contribution in [0.5, 0.6) is 0 Å². The Bertz CT molecular complexity index is 1130. The maximum atomic E-state index is 14.0. The van der Waals surface area contributed by atoms with Crippen LogP contribution in [0.3, 0.4) is 0 Å². The molecule has 4 rings (SSSR count). The number of aromatic nitrogens is 2. The van der Waals surface area contributed by atoms with Crippen LogP contribution in [-0.4, -0.2) is 35.0 Å². The number of para-hydroxylation sites is 1. The number of nitrogens with two attached hydrogens (primary N) is 1. The molecule has 1 fully saturated rings. The number of primary amides is 1. The summed E-state index contributed by atoms with van der Waals surface area (Å²) in [5.41, 5.74) is 5.28. The van der Waals surface area contributed by atoms with Gasteiger partial charge in [0.1, 0.15) is 18.0 Å². The number of carbonyl (C=O) groups is 1. The van der Waals surface area contributed by atoms with Gasteiger partial charge in [-0.3, -0.25) is 4.79 Å². The van der Waals surface area contributed by atoms with Crippen LogP contribution < -0.4 is 16.4 Å². The molecule has 2 heterocycles. The number of nitrogens with one attached hydrogen (secondary N) is 2. The van der Waals surface area contributed by atoms with Gasteiger partial charge in [0, 0.05) is 23.9 Å². The number of alkyl halides is 3. The van der Waals surface area contributed by atoms with Crippen molar-refractivity contribution in [2.45, 2.75) is 24.6 Å². The average Bonchev–Trinajstić information content (AvgIpc) is 2.73. The minimum atomic E-state index is -4.64. The lowest BCUT2D eigenvalue weighted by atomic mass is 9.85. The van der Waals surface area contributed by atoms with Crippen LogP contribution in [-0.2, 0) is 6.18 Å². The molecule has 3 aromatic rings. The molecule has 31 heavy (non-hydrogen) atoms. The van der Waals surface area contributed by atoms with Crippen LogP contribution in [0.4, 0.5) is 23.4 Å². The molecule has 1 aliphatic rings. The van der Waals surface area contributed by atoms with E-state index >= 15 is 0 Å². The maximum Gasteiger partial charge on any atom is 0.416 e. The fraction of sp³-hybridized carbons (Fsp3) is 0.286. The molecule has 0 bridgehead atoms. The zero-order valence-electron chi connectivity index (χ0n) is 16.2. The average molecular weight is 433 g/mol. The molecular weight excluding hydrogens is 414 g/mol. The smallest absolute Gasteiger partial charge is 0.366 e. The van der Waals surface area contributed by atoms with Crippen LogP contribution in [0.2, 0.25) is 0 Å². The Kier molecular flexibility index (Phi) is 5.48. The molecule has 10 heteroatoms. The van der Waals surface area contributed by atoms with Gasteiger partial charge in [-0.2, -0.15) is 13.2 Å². The second kappa shape index (κ2) is 8.10. The van der Waals surface area contributed by atoms with Crippen LogP contribution in [0, 0.1) is 5.82 Å². The number of carbonyl (C=O) groups excluding carboxylic acids is 1. The van der Waals surface area contributed by atoms with Crippen LogP contribution in [0.25, 0.3) is 10.9 Å². The van der Waals surface area contributed by atoms with Crippen LogP contribution in [0.1, 0.15) is 33.8 Å². The van der Waals surface area contributed by atoms with Gasteiger partial charge in [-0.25, -0.2) is 14.4 Å². The van der Waals surface area contributed by atoms with E-state index < -0.39 is 23.5 Å². The highest BCUT2D eigenvalue weighted by Crippen LogP contribution is 2.35. The summed E-state index contributed by atoms with van der Waals surface area (Å²) in [6.45, 7) is 1.01. The first kappa shape index (κ1) is 21.0. The highest BCUT2D eigenvalue weighted by molar-refractivity contribution is 6.06. The molecule has 1 saturated heterocycles. The summed E-state index contributed by atoms with van der Waals surface area (Å²) in [6, 6.07) is 7.19. The summed E-state index contributed by atoms with van der Waals surface area (Å²) >= 11 is 0. The minimum Gasteiger partial charge on any atom is -0.366 e. The van der Waals surface area contributed by atoms with Gasteiger partial charge >= 0.3 is 6.18 Å². The van der Waals surface area contributed by atoms with E-state index in [1.807, 2.05) is 0 Å². The Morgan fingerprint density at radius 1 is 1.19 bits per heavy atom. The zero-order chi connectivity index (χ0) is 22.2. The molecule has 0 aliphatic carbocycles. The quantitative estimate of drug-likeness (QED) is 0.548. The van der Waals surface area contributed by atoms with Crippen molar-refractivity contribution >= 4 is 22.6 Å². The summed E-state index contributed by atoms with van der Waals surface area (Å²) in [6.07, 6.45) is -2.85. The monoisotopic (exact) mass is 433 g/mol. The van der Waals surface area contributed by atoms with Crippen molar-refractivity contribution in [2.75, 3.05) is 18.4 Å². The SMILES string of the molecule is NC(=O)c1cccc2c(N[C@H]3CNCC[C@@H]3c3cc(F)cc(C(F)(F)F)c3)ncnc12. The molecule has 0 radical (unpaired) electrons. The number of halogens is 4. The van der Waals surface area contributed by atoms with E-state index in [9.17, 15) is 22.4 Å². The Morgan fingerprint density at radius 3 is 2.74 bits per heavy atom. The summed E-state index contributed by atoms with van der Waals surface area (Å²) in [7, 11) is 0. The second-order valence-electron chi connectivity index (χ2n) is 7.41. The van der Waals surface area contributed by atoms with Crippen LogP contribution in [0.15, 0.2) is 42.7 Å². The van der Waals surface area contributed by atoms with E-state index in [1.54, 1.807) is 18.2 Å². The van der Waals surface area contributed by atoms with Crippen molar-refractivity contribution in [1.29, 1.82) is 0 Å². The standard InChI is InChI=1S/C21H19F4N5O/c22-13-7-11(6-12(8-13)21(23,24)25)14-4-5-27-9-17(14)30-20-16-3-1-2-15(19(26)31)18(16)28-10-29-20/h1-3,6-8,10,14,17,27H,4-5,9H2,(H2,26,31)(H,28,29,30)/t14-,17+/m1/s1. The largest absolute Gasteiger partial charge is 0.416 e. The molecule has 0 saturated carbocycles. The molecule has 2 aromatic carbocycles. The van der Waals surface area contributed by atoms with Gasteiger partial charge in [0.2, 0.25) is 0 Å². The fourth-order valence-corrected chi connectivity index (χ4v) is 3.98. The van der Waals surface area contributed by atoms with Crippen molar-refractivity contribution in [3.05, 3.63) is 65.2 Å². The van der Waals surface area contributed by atoms with Gasteiger partial charge < -0.3 is 16.4 Å². The van der Waals surface area contributed by atoms with Gasteiger partial charge in [-0.1, -0.05) is 6.07 Å². The van der Waals surface area contributed by atoms with Crippen molar-refractivity contribution in [3.8, 4) is 0 Å². The number of piperidine rings is 1. The van der Waals surface area contributed by atoms with Crippen molar-refractivity contribution in [2.24, 2.45) is 5.73 Å². The molecule has 4 N–H and O–H groups in total. The second-order valence-corrected chi connectivity index (χ2v) is 7.41. The Morgan fingerprint density at radius 2 is 2.00 bits per heavy atom. The zero-order valence-corrected chi connectivity index (χ0v) is 16.2. The van der Waals surface area contributed by atoms with Crippen molar-refractivity contribution in [3.63, 3.8) is 0 Å². The van der Waals surface area contributed by atoms with Crippen molar-refractivity contribution < 1.29 is 22.4 Å². The van der Waals surface area contributed by atoms with Gasteiger partial charge in [-0.15, -0.1) is 0 Å². The number of fused-ring (bicyclic) bond motifs is 1. The third-order valence-electron chi connectivity index (χ3n) is 5.41. The fourth-order valence-electron chi connectivity index (χ4n) is 3.98. The molecule has 0 spiro atoms. The Labute approximate surface area is 174 Å². The molecule has 1 aromatic heterocycles. The number of amides is 1. The number of benzene rings is 2.